The van der Waals surface area contributed by atoms with Crippen LogP contribution in [0, 0.1) is 18.6 Å². The molecule has 3 N–H and O–H groups in total. The first-order chi connectivity index (χ1) is 14.2. The summed E-state index contributed by atoms with van der Waals surface area (Å²) in [5.41, 5.74) is 0.303. The lowest BCUT2D eigenvalue weighted by molar-refractivity contribution is 0.0800. The number of hydrogen-bond donors (Lipinski definition) is 3. The highest BCUT2D eigenvalue weighted by Gasteiger charge is 2.23. The number of hydrogen-bond acceptors (Lipinski definition) is 6. The van der Waals surface area contributed by atoms with Crippen LogP contribution in [0.25, 0.3) is 22.2 Å². The van der Waals surface area contributed by atoms with Crippen LogP contribution < -0.4 is 10.6 Å². The number of pyridine rings is 1. The number of aromatic nitrogens is 3. The maximum Gasteiger partial charge on any atom is 0.223 e. The van der Waals surface area contributed by atoms with Crippen LogP contribution in [0.3, 0.4) is 0 Å². The van der Waals surface area contributed by atoms with Gasteiger partial charge in [-0.1, -0.05) is 0 Å². The topological polar surface area (TPSA) is 83.0 Å². The molecule has 0 radical (unpaired) electrons. The smallest absolute Gasteiger partial charge is 0.223 e. The zero-order valence-electron chi connectivity index (χ0n) is 17.3. The van der Waals surface area contributed by atoms with E-state index in [1.165, 1.54) is 6.07 Å². The number of benzene rings is 1. The van der Waals surface area contributed by atoms with E-state index in [0.29, 0.717) is 22.6 Å². The Balaban J connectivity index is 1.81. The molecule has 158 valence electrons. The fourth-order valence-corrected chi connectivity index (χ4v) is 3.84. The lowest BCUT2D eigenvalue weighted by Gasteiger charge is -2.23. The molecule has 1 saturated heterocycles. The molecule has 0 aliphatic carbocycles. The zero-order valence-corrected chi connectivity index (χ0v) is 17.3. The quantitative estimate of drug-likeness (QED) is 0.605. The molecule has 1 fully saturated rings. The van der Waals surface area contributed by atoms with Gasteiger partial charge in [0.2, 0.25) is 5.95 Å². The fraction of sp³-hybridized carbons (Fsp3) is 0.409. The first kappa shape index (κ1) is 20.6. The number of aryl methyl sites for hydroxylation is 1. The molecule has 0 atom stereocenters. The van der Waals surface area contributed by atoms with E-state index < -0.39 is 17.2 Å². The van der Waals surface area contributed by atoms with Crippen LogP contribution in [0.4, 0.5) is 14.7 Å². The number of anilines is 1. The van der Waals surface area contributed by atoms with E-state index in [9.17, 15) is 13.9 Å². The van der Waals surface area contributed by atoms with Crippen LogP contribution >= 0.6 is 0 Å². The molecule has 1 aromatic carbocycles. The highest BCUT2D eigenvalue weighted by Crippen LogP contribution is 2.33. The minimum Gasteiger partial charge on any atom is -0.386 e. The van der Waals surface area contributed by atoms with Gasteiger partial charge in [0.25, 0.3) is 0 Å². The average molecular weight is 413 g/mol. The Morgan fingerprint density at radius 3 is 2.53 bits per heavy atom. The Bertz CT molecular complexity index is 1090. The van der Waals surface area contributed by atoms with Gasteiger partial charge in [-0.25, -0.2) is 18.7 Å². The van der Waals surface area contributed by atoms with Crippen molar-refractivity contribution in [1.29, 1.82) is 0 Å². The summed E-state index contributed by atoms with van der Waals surface area (Å²) in [4.78, 5) is 12.6. The second-order valence-corrected chi connectivity index (χ2v) is 8.28. The first-order valence-electron chi connectivity index (χ1n) is 10.1. The molecular formula is C22H25F2N5O. The summed E-state index contributed by atoms with van der Waals surface area (Å²) in [5, 5.41) is 17.5. The van der Waals surface area contributed by atoms with E-state index in [4.69, 9.17) is 0 Å². The molecule has 0 unspecified atom stereocenters. The third kappa shape index (κ3) is 4.11. The van der Waals surface area contributed by atoms with Gasteiger partial charge in [-0.05, 0) is 70.5 Å². The number of piperidine rings is 1. The van der Waals surface area contributed by atoms with E-state index in [1.54, 1.807) is 32.9 Å². The van der Waals surface area contributed by atoms with E-state index >= 15 is 0 Å². The summed E-state index contributed by atoms with van der Waals surface area (Å²) in [6.45, 7) is 6.78. The second kappa shape index (κ2) is 7.85. The van der Waals surface area contributed by atoms with Crippen molar-refractivity contribution in [1.82, 2.24) is 20.3 Å². The third-order valence-electron chi connectivity index (χ3n) is 5.34. The van der Waals surface area contributed by atoms with Crippen LogP contribution in [0.15, 0.2) is 24.4 Å². The largest absolute Gasteiger partial charge is 0.386 e. The maximum absolute atomic E-state index is 15.0. The predicted octanol–water partition coefficient (Wildman–Crippen LogP) is 3.67. The molecule has 0 saturated carbocycles. The van der Waals surface area contributed by atoms with Gasteiger partial charge in [0.05, 0.1) is 11.8 Å². The van der Waals surface area contributed by atoms with Crippen molar-refractivity contribution in [2.24, 2.45) is 0 Å². The standard InChI is InChI=1S/C22H25F2N5O/c1-12-8-16(22(2,3)30)15-9-13(10-17(23)20(15)27-12)19-18(24)11-26-21(29-19)28-14-4-6-25-7-5-14/h8-11,14,25,30H,4-7H2,1-3H3,(H,26,28,29). The molecule has 3 aromatic rings. The summed E-state index contributed by atoms with van der Waals surface area (Å²) in [5.74, 6) is -0.930. The molecule has 0 amide bonds. The SMILES string of the molecule is Cc1cc(C(C)(C)O)c2cc(-c3nc(NC4CCNCC4)ncc3F)cc(F)c2n1. The number of halogens is 2. The third-order valence-corrected chi connectivity index (χ3v) is 5.34. The zero-order chi connectivity index (χ0) is 21.5. The highest BCUT2D eigenvalue weighted by molar-refractivity contribution is 5.88. The Hall–Kier alpha value is -2.71. The van der Waals surface area contributed by atoms with Gasteiger partial charge in [0, 0.05) is 22.7 Å². The molecule has 1 aliphatic rings. The van der Waals surface area contributed by atoms with Crippen molar-refractivity contribution < 1.29 is 13.9 Å². The van der Waals surface area contributed by atoms with Crippen molar-refractivity contribution in [3.63, 3.8) is 0 Å². The van der Waals surface area contributed by atoms with E-state index in [0.717, 1.165) is 32.1 Å². The van der Waals surface area contributed by atoms with Crippen molar-refractivity contribution in [2.75, 3.05) is 18.4 Å². The van der Waals surface area contributed by atoms with Crippen molar-refractivity contribution >= 4 is 16.9 Å². The summed E-state index contributed by atoms with van der Waals surface area (Å²) < 4.78 is 29.6. The van der Waals surface area contributed by atoms with Gasteiger partial charge in [-0.3, -0.25) is 4.98 Å². The van der Waals surface area contributed by atoms with E-state index in [-0.39, 0.29) is 22.8 Å². The van der Waals surface area contributed by atoms with Crippen LogP contribution in [0.1, 0.15) is 37.9 Å². The highest BCUT2D eigenvalue weighted by atomic mass is 19.1. The van der Waals surface area contributed by atoms with Gasteiger partial charge in [-0.2, -0.15) is 0 Å². The van der Waals surface area contributed by atoms with Crippen molar-refractivity contribution in [2.45, 2.75) is 45.3 Å². The Kier molecular flexibility index (Phi) is 5.38. The second-order valence-electron chi connectivity index (χ2n) is 8.28. The number of fused-ring (bicyclic) bond motifs is 1. The summed E-state index contributed by atoms with van der Waals surface area (Å²) in [6, 6.07) is 4.76. The van der Waals surface area contributed by atoms with Gasteiger partial charge in [0.1, 0.15) is 17.0 Å². The monoisotopic (exact) mass is 413 g/mol. The maximum atomic E-state index is 15.0. The summed E-state index contributed by atoms with van der Waals surface area (Å²) in [7, 11) is 0. The van der Waals surface area contributed by atoms with Gasteiger partial charge in [0.15, 0.2) is 5.82 Å². The first-order valence-corrected chi connectivity index (χ1v) is 10.1. The molecule has 4 rings (SSSR count). The lowest BCUT2D eigenvalue weighted by atomic mass is 9.92. The average Bonchev–Trinajstić information content (AvgIpc) is 2.69. The minimum absolute atomic E-state index is 0.00417. The molecule has 0 bridgehead atoms. The molecular weight excluding hydrogens is 388 g/mol. The molecule has 2 aromatic heterocycles. The van der Waals surface area contributed by atoms with Gasteiger partial charge >= 0.3 is 0 Å². The number of nitrogens with zero attached hydrogens (tertiary/aromatic N) is 3. The van der Waals surface area contributed by atoms with Crippen LogP contribution in [-0.2, 0) is 5.60 Å². The minimum atomic E-state index is -1.22. The van der Waals surface area contributed by atoms with Crippen molar-refractivity contribution in [3.8, 4) is 11.3 Å². The number of nitrogens with one attached hydrogen (secondary N) is 2. The normalized spacial score (nSPS) is 15.5. The van der Waals surface area contributed by atoms with Crippen molar-refractivity contribution in [3.05, 3.63) is 47.3 Å². The fourth-order valence-electron chi connectivity index (χ4n) is 3.84. The predicted molar refractivity (Wildman–Crippen MR) is 112 cm³/mol. The van der Waals surface area contributed by atoms with Crippen LogP contribution in [-0.4, -0.2) is 39.2 Å². The summed E-state index contributed by atoms with van der Waals surface area (Å²) >= 11 is 0. The molecule has 0 spiro atoms. The Morgan fingerprint density at radius 1 is 1.10 bits per heavy atom. The number of aliphatic hydroxyl groups is 1. The van der Waals surface area contributed by atoms with E-state index in [2.05, 4.69) is 25.6 Å². The molecule has 8 heteroatoms. The lowest BCUT2D eigenvalue weighted by Crippen LogP contribution is -2.35. The number of rotatable bonds is 4. The van der Waals surface area contributed by atoms with Crippen LogP contribution in [0.2, 0.25) is 0 Å². The molecule has 6 nitrogen and oxygen atoms in total. The van der Waals surface area contributed by atoms with Gasteiger partial charge < -0.3 is 15.7 Å². The Labute approximate surface area is 173 Å². The van der Waals surface area contributed by atoms with E-state index in [1.807, 2.05) is 0 Å². The molecule has 1 aliphatic heterocycles. The Morgan fingerprint density at radius 2 is 1.83 bits per heavy atom. The summed E-state index contributed by atoms with van der Waals surface area (Å²) in [6.07, 6.45) is 2.93. The molecule has 3 heterocycles. The van der Waals surface area contributed by atoms with Gasteiger partial charge in [-0.15, -0.1) is 0 Å². The van der Waals surface area contributed by atoms with Crippen LogP contribution in [0.5, 0.6) is 0 Å². The molecule has 30 heavy (non-hydrogen) atoms.